The molecule has 0 radical (unpaired) electrons. The second-order valence-electron chi connectivity index (χ2n) is 6.25. The van der Waals surface area contributed by atoms with Crippen LogP contribution in [0.4, 0.5) is 23.1 Å². The maximum absolute atomic E-state index is 12.4. The van der Waals surface area contributed by atoms with E-state index in [4.69, 9.17) is 0 Å². The predicted octanol–water partition coefficient (Wildman–Crippen LogP) is 2.92. The number of fused-ring (bicyclic) bond motifs is 1. The molecule has 2 aliphatic rings. The highest BCUT2D eigenvalue weighted by atomic mass is 79.9. The molecule has 0 amide bonds. The summed E-state index contributed by atoms with van der Waals surface area (Å²) in [6.45, 7) is 5.94. The van der Waals surface area contributed by atoms with Crippen LogP contribution in [0, 0.1) is 13.8 Å². The summed E-state index contributed by atoms with van der Waals surface area (Å²) in [5, 5.41) is 1.76. The number of benzene rings is 1. The molecule has 3 heterocycles. The van der Waals surface area contributed by atoms with Gasteiger partial charge in [-0.1, -0.05) is 15.9 Å². The first kappa shape index (κ1) is 15.3. The molecule has 0 aliphatic carbocycles. The van der Waals surface area contributed by atoms with E-state index in [9.17, 15) is 4.79 Å². The Bertz CT molecular complexity index is 835. The van der Waals surface area contributed by atoms with Crippen LogP contribution < -0.4 is 26.4 Å². The summed E-state index contributed by atoms with van der Waals surface area (Å²) in [5.74, 6) is 1.19. The van der Waals surface area contributed by atoms with Crippen molar-refractivity contribution in [1.29, 1.82) is 0 Å². The smallest absolute Gasteiger partial charge is 0.279 e. The molecule has 0 atom stereocenters. The third-order valence-corrected chi connectivity index (χ3v) is 4.89. The molecule has 1 aromatic heterocycles. The third kappa shape index (κ3) is 2.50. The molecular formula is C16H19BrN6O. The van der Waals surface area contributed by atoms with Crippen molar-refractivity contribution in [2.75, 3.05) is 34.0 Å². The SMILES string of the molecule is Cc1cc(Br)cc(C)c1N1Nc2nc(N3CCCC3)[nH]c(=O)c2N1. The van der Waals surface area contributed by atoms with Gasteiger partial charge in [0.05, 0.1) is 5.69 Å². The van der Waals surface area contributed by atoms with E-state index >= 15 is 0 Å². The second kappa shape index (κ2) is 5.70. The molecule has 8 heteroatoms. The van der Waals surface area contributed by atoms with E-state index in [0.29, 0.717) is 17.5 Å². The zero-order chi connectivity index (χ0) is 16.8. The summed E-state index contributed by atoms with van der Waals surface area (Å²) in [7, 11) is 0. The number of aryl methyl sites for hydroxylation is 2. The first-order chi connectivity index (χ1) is 11.5. The number of hydrogen-bond donors (Lipinski definition) is 3. The molecule has 7 nitrogen and oxygen atoms in total. The van der Waals surface area contributed by atoms with Crippen molar-refractivity contribution in [2.45, 2.75) is 26.7 Å². The quantitative estimate of drug-likeness (QED) is 0.731. The summed E-state index contributed by atoms with van der Waals surface area (Å²) in [4.78, 5) is 22.0. The largest absolute Gasteiger partial charge is 0.342 e. The van der Waals surface area contributed by atoms with Crippen LogP contribution in [0.5, 0.6) is 0 Å². The van der Waals surface area contributed by atoms with Crippen molar-refractivity contribution in [3.63, 3.8) is 0 Å². The third-order valence-electron chi connectivity index (χ3n) is 4.43. The summed E-state index contributed by atoms with van der Waals surface area (Å²) in [6, 6.07) is 4.09. The van der Waals surface area contributed by atoms with Crippen molar-refractivity contribution in [3.05, 3.63) is 38.1 Å². The lowest BCUT2D eigenvalue weighted by atomic mass is 10.1. The number of rotatable bonds is 2. The number of aromatic amines is 1. The van der Waals surface area contributed by atoms with E-state index in [2.05, 4.69) is 41.6 Å². The molecule has 4 rings (SSSR count). The van der Waals surface area contributed by atoms with E-state index in [1.54, 1.807) is 5.12 Å². The average molecular weight is 391 g/mol. The molecule has 1 fully saturated rings. The lowest BCUT2D eigenvalue weighted by molar-refractivity contribution is 0.894. The van der Waals surface area contributed by atoms with Crippen LogP contribution in [0.25, 0.3) is 0 Å². The highest BCUT2D eigenvalue weighted by molar-refractivity contribution is 9.10. The number of hydrazine groups is 2. The Balaban J connectivity index is 1.69. The molecule has 24 heavy (non-hydrogen) atoms. The van der Waals surface area contributed by atoms with E-state index < -0.39 is 0 Å². The van der Waals surface area contributed by atoms with Gasteiger partial charge in [0.25, 0.3) is 5.56 Å². The summed E-state index contributed by atoms with van der Waals surface area (Å²) in [6.07, 6.45) is 2.27. The lowest BCUT2D eigenvalue weighted by Crippen LogP contribution is -2.31. The van der Waals surface area contributed by atoms with Crippen molar-refractivity contribution in [2.24, 2.45) is 0 Å². The number of H-pyrrole nitrogens is 1. The molecule has 0 unspecified atom stereocenters. The molecule has 2 aromatic rings. The summed E-state index contributed by atoms with van der Waals surface area (Å²) >= 11 is 3.51. The summed E-state index contributed by atoms with van der Waals surface area (Å²) < 4.78 is 1.03. The first-order valence-corrected chi connectivity index (χ1v) is 8.81. The molecule has 1 aromatic carbocycles. The number of anilines is 4. The van der Waals surface area contributed by atoms with Gasteiger partial charge in [-0.3, -0.25) is 20.6 Å². The van der Waals surface area contributed by atoms with Crippen LogP contribution in [-0.2, 0) is 0 Å². The van der Waals surface area contributed by atoms with Gasteiger partial charge >= 0.3 is 0 Å². The van der Waals surface area contributed by atoms with Crippen LogP contribution in [0.1, 0.15) is 24.0 Å². The van der Waals surface area contributed by atoms with Crippen molar-refractivity contribution >= 4 is 39.1 Å². The fourth-order valence-corrected chi connectivity index (χ4v) is 4.02. The van der Waals surface area contributed by atoms with Crippen LogP contribution in [-0.4, -0.2) is 23.1 Å². The standard InChI is InChI=1S/C16H19BrN6O/c1-9-7-11(17)8-10(2)13(9)23-20-12-14(21-23)18-16(19-15(12)24)22-5-3-4-6-22/h7-8,20H,3-6H2,1-2H3,(H2,18,19,21,24). The fraction of sp³-hybridized carbons (Fsp3) is 0.375. The Hall–Kier alpha value is -2.22. The molecule has 1 saturated heterocycles. The number of halogens is 1. The Morgan fingerprint density at radius 3 is 2.46 bits per heavy atom. The van der Waals surface area contributed by atoms with Crippen LogP contribution in [0.3, 0.4) is 0 Å². The van der Waals surface area contributed by atoms with E-state index in [-0.39, 0.29) is 5.56 Å². The molecule has 0 bridgehead atoms. The van der Waals surface area contributed by atoms with Crippen LogP contribution in [0.2, 0.25) is 0 Å². The number of nitrogens with zero attached hydrogens (tertiary/aromatic N) is 3. The van der Waals surface area contributed by atoms with Gasteiger partial charge in [0.1, 0.15) is 0 Å². The Morgan fingerprint density at radius 1 is 1.12 bits per heavy atom. The van der Waals surface area contributed by atoms with Gasteiger partial charge in [-0.05, 0) is 49.9 Å². The molecule has 126 valence electrons. The Labute approximate surface area is 148 Å². The normalized spacial score (nSPS) is 16.1. The van der Waals surface area contributed by atoms with E-state index in [1.807, 2.05) is 26.0 Å². The maximum Gasteiger partial charge on any atom is 0.279 e. The fourth-order valence-electron chi connectivity index (χ4n) is 3.34. The molecular weight excluding hydrogens is 372 g/mol. The maximum atomic E-state index is 12.4. The van der Waals surface area contributed by atoms with Crippen molar-refractivity contribution in [3.8, 4) is 0 Å². The van der Waals surface area contributed by atoms with Gasteiger partial charge in [0.2, 0.25) is 5.95 Å². The summed E-state index contributed by atoms with van der Waals surface area (Å²) in [5.41, 5.74) is 9.77. The molecule has 2 aliphatic heterocycles. The van der Waals surface area contributed by atoms with Gasteiger partial charge in [0, 0.05) is 17.6 Å². The second-order valence-corrected chi connectivity index (χ2v) is 7.17. The Morgan fingerprint density at radius 2 is 1.79 bits per heavy atom. The first-order valence-electron chi connectivity index (χ1n) is 8.02. The van der Waals surface area contributed by atoms with Gasteiger partial charge in [-0.25, -0.2) is 0 Å². The molecule has 0 saturated carbocycles. The zero-order valence-electron chi connectivity index (χ0n) is 13.6. The minimum Gasteiger partial charge on any atom is -0.342 e. The minimum absolute atomic E-state index is 0.163. The monoisotopic (exact) mass is 390 g/mol. The van der Waals surface area contributed by atoms with Crippen LogP contribution >= 0.6 is 15.9 Å². The van der Waals surface area contributed by atoms with E-state index in [1.165, 1.54) is 0 Å². The van der Waals surface area contributed by atoms with Gasteiger partial charge < -0.3 is 4.90 Å². The number of aromatic nitrogens is 2. The minimum atomic E-state index is -0.163. The highest BCUT2D eigenvalue weighted by Crippen LogP contribution is 2.33. The number of hydrogen-bond acceptors (Lipinski definition) is 6. The van der Waals surface area contributed by atoms with Gasteiger partial charge in [-0.15, -0.1) is 0 Å². The lowest BCUT2D eigenvalue weighted by Gasteiger charge is -2.22. The zero-order valence-corrected chi connectivity index (χ0v) is 15.2. The molecule has 3 N–H and O–H groups in total. The van der Waals surface area contributed by atoms with Crippen molar-refractivity contribution < 1.29 is 0 Å². The average Bonchev–Trinajstić information content (AvgIpc) is 3.14. The van der Waals surface area contributed by atoms with E-state index in [0.717, 1.165) is 47.2 Å². The highest BCUT2D eigenvalue weighted by Gasteiger charge is 2.27. The van der Waals surface area contributed by atoms with Crippen LogP contribution in [0.15, 0.2) is 21.4 Å². The topological polar surface area (TPSA) is 76.3 Å². The predicted molar refractivity (Wildman–Crippen MR) is 99.6 cm³/mol. The Kier molecular flexibility index (Phi) is 3.64. The van der Waals surface area contributed by atoms with Crippen molar-refractivity contribution in [1.82, 2.24) is 9.97 Å². The number of nitrogens with one attached hydrogen (secondary N) is 3. The molecule has 0 spiro atoms. The van der Waals surface area contributed by atoms with Gasteiger partial charge in [0.15, 0.2) is 11.5 Å². The van der Waals surface area contributed by atoms with Gasteiger partial charge in [-0.2, -0.15) is 10.1 Å².